The van der Waals surface area contributed by atoms with Gasteiger partial charge in [0.15, 0.2) is 0 Å². The van der Waals surface area contributed by atoms with Gasteiger partial charge in [-0.05, 0) is 20.8 Å². The van der Waals surface area contributed by atoms with Crippen molar-refractivity contribution in [1.29, 1.82) is 0 Å². The molecule has 1 N–H and O–H groups in total. The molecular weight excluding hydrogens is 224 g/mol. The van der Waals surface area contributed by atoms with E-state index in [2.05, 4.69) is 0 Å². The predicted octanol–water partition coefficient (Wildman–Crippen LogP) is -0.212. The molecule has 1 fully saturated rings. The average Bonchev–Trinajstić information content (AvgIpc) is 2.22. The summed E-state index contributed by atoms with van der Waals surface area (Å²) in [5, 5.41) is 8.99. The van der Waals surface area contributed by atoms with E-state index in [1.807, 2.05) is 6.92 Å². The fraction of sp³-hybridized carbons (Fsp3) is 0.727. The first kappa shape index (κ1) is 13.5. The minimum atomic E-state index is -1.04. The molecule has 0 aromatic carbocycles. The highest BCUT2D eigenvalue weighted by Crippen LogP contribution is 2.19. The Labute approximate surface area is 100 Å². The van der Waals surface area contributed by atoms with Gasteiger partial charge in [0.25, 0.3) is 0 Å². The van der Waals surface area contributed by atoms with Gasteiger partial charge >= 0.3 is 5.97 Å². The van der Waals surface area contributed by atoms with Gasteiger partial charge in [0.2, 0.25) is 11.8 Å². The second-order valence-electron chi connectivity index (χ2n) is 4.85. The summed E-state index contributed by atoms with van der Waals surface area (Å²) in [6.45, 7) is 5.47. The summed E-state index contributed by atoms with van der Waals surface area (Å²) < 4.78 is 0. The normalized spacial score (nSPS) is 17.6. The Bertz CT molecular complexity index is 351. The van der Waals surface area contributed by atoms with Crippen LogP contribution in [0.25, 0.3) is 0 Å². The number of aliphatic carboxylic acids is 1. The van der Waals surface area contributed by atoms with Gasteiger partial charge in [-0.15, -0.1) is 0 Å². The number of carbonyl (C=O) groups is 3. The molecule has 17 heavy (non-hydrogen) atoms. The number of amides is 2. The number of nitrogens with zero attached hydrogens (tertiary/aromatic N) is 2. The first-order valence-electron chi connectivity index (χ1n) is 5.57. The van der Waals surface area contributed by atoms with Crippen LogP contribution < -0.4 is 0 Å². The van der Waals surface area contributed by atoms with E-state index in [-0.39, 0.29) is 31.4 Å². The maximum absolute atomic E-state index is 11.7. The van der Waals surface area contributed by atoms with Crippen molar-refractivity contribution in [2.75, 3.05) is 26.2 Å². The Morgan fingerprint density at radius 2 is 1.71 bits per heavy atom. The predicted molar refractivity (Wildman–Crippen MR) is 60.3 cm³/mol. The summed E-state index contributed by atoms with van der Waals surface area (Å²) in [6.07, 6.45) is 0. The molecular formula is C11H18N2O4. The van der Waals surface area contributed by atoms with Crippen molar-refractivity contribution in [1.82, 2.24) is 9.80 Å². The van der Waals surface area contributed by atoms with Crippen LogP contribution in [0.3, 0.4) is 0 Å². The van der Waals surface area contributed by atoms with Crippen molar-refractivity contribution in [2.45, 2.75) is 20.8 Å². The van der Waals surface area contributed by atoms with E-state index >= 15 is 0 Å². The van der Waals surface area contributed by atoms with Crippen molar-refractivity contribution in [3.63, 3.8) is 0 Å². The number of hydrogen-bond acceptors (Lipinski definition) is 3. The zero-order chi connectivity index (χ0) is 13.2. The standard InChI is InChI=1S/C11H18N2O4/c1-4-12-5-9(15)13(6-8(12)14)7-11(2,3)10(16)17/h4-7H2,1-3H3,(H,16,17). The van der Waals surface area contributed by atoms with Gasteiger partial charge in [-0.1, -0.05) is 0 Å². The molecule has 0 radical (unpaired) electrons. The molecule has 0 spiro atoms. The van der Waals surface area contributed by atoms with Crippen LogP contribution in [0.1, 0.15) is 20.8 Å². The Balaban J connectivity index is 2.71. The van der Waals surface area contributed by atoms with Crippen LogP contribution in [0.4, 0.5) is 0 Å². The van der Waals surface area contributed by atoms with Crippen molar-refractivity contribution >= 4 is 17.8 Å². The van der Waals surface area contributed by atoms with Gasteiger partial charge in [-0.3, -0.25) is 14.4 Å². The third-order valence-electron chi connectivity index (χ3n) is 2.90. The maximum Gasteiger partial charge on any atom is 0.310 e. The third-order valence-corrected chi connectivity index (χ3v) is 2.90. The highest BCUT2D eigenvalue weighted by atomic mass is 16.4. The van der Waals surface area contributed by atoms with Gasteiger partial charge in [0, 0.05) is 13.1 Å². The van der Waals surface area contributed by atoms with E-state index in [1.54, 1.807) is 13.8 Å². The number of carboxylic acid groups (broad SMARTS) is 1. The molecule has 0 saturated carbocycles. The van der Waals surface area contributed by atoms with Crippen LogP contribution in [0.5, 0.6) is 0 Å². The zero-order valence-corrected chi connectivity index (χ0v) is 10.4. The molecule has 6 heteroatoms. The van der Waals surface area contributed by atoms with Crippen LogP contribution in [-0.4, -0.2) is 58.9 Å². The molecule has 1 saturated heterocycles. The molecule has 0 unspecified atom stereocenters. The topological polar surface area (TPSA) is 77.9 Å². The van der Waals surface area contributed by atoms with E-state index in [9.17, 15) is 14.4 Å². The summed E-state index contributed by atoms with van der Waals surface area (Å²) >= 11 is 0. The summed E-state index contributed by atoms with van der Waals surface area (Å²) in [4.78, 5) is 37.1. The largest absolute Gasteiger partial charge is 0.481 e. The Hall–Kier alpha value is -1.59. The van der Waals surface area contributed by atoms with Crippen LogP contribution in [0.2, 0.25) is 0 Å². The van der Waals surface area contributed by atoms with Gasteiger partial charge in [0.1, 0.15) is 0 Å². The molecule has 0 bridgehead atoms. The van der Waals surface area contributed by atoms with Crippen molar-refractivity contribution < 1.29 is 19.5 Å². The average molecular weight is 242 g/mol. The van der Waals surface area contributed by atoms with E-state index in [0.717, 1.165) is 0 Å². The highest BCUT2D eigenvalue weighted by molar-refractivity contribution is 5.92. The number of likely N-dealkylation sites (N-methyl/N-ethyl adjacent to an activating group) is 1. The van der Waals surface area contributed by atoms with Crippen molar-refractivity contribution in [3.8, 4) is 0 Å². The van der Waals surface area contributed by atoms with E-state index in [0.29, 0.717) is 6.54 Å². The molecule has 1 aliphatic rings. The fourth-order valence-electron chi connectivity index (χ4n) is 1.68. The molecule has 0 aromatic heterocycles. The number of carboxylic acids is 1. The monoisotopic (exact) mass is 242 g/mol. The van der Waals surface area contributed by atoms with Gasteiger partial charge in [-0.2, -0.15) is 0 Å². The maximum atomic E-state index is 11.7. The quantitative estimate of drug-likeness (QED) is 0.739. The summed E-state index contributed by atoms with van der Waals surface area (Å²) in [6, 6.07) is 0. The first-order valence-corrected chi connectivity index (χ1v) is 5.57. The SMILES string of the molecule is CCN1CC(=O)N(CC(C)(C)C(=O)O)CC1=O. The minimum Gasteiger partial charge on any atom is -0.481 e. The van der Waals surface area contributed by atoms with Crippen LogP contribution in [-0.2, 0) is 14.4 Å². The Morgan fingerprint density at radius 1 is 1.24 bits per heavy atom. The summed E-state index contributed by atoms with van der Waals surface area (Å²) in [5.41, 5.74) is -1.04. The van der Waals surface area contributed by atoms with E-state index in [4.69, 9.17) is 5.11 Å². The van der Waals surface area contributed by atoms with Crippen molar-refractivity contribution in [3.05, 3.63) is 0 Å². The number of carbonyl (C=O) groups excluding carboxylic acids is 2. The summed E-state index contributed by atoms with van der Waals surface area (Å²) in [7, 11) is 0. The Morgan fingerprint density at radius 3 is 2.18 bits per heavy atom. The lowest BCUT2D eigenvalue weighted by atomic mass is 9.92. The molecule has 0 atom stereocenters. The molecule has 1 aliphatic heterocycles. The lowest BCUT2D eigenvalue weighted by molar-refractivity contribution is -0.156. The smallest absolute Gasteiger partial charge is 0.310 e. The number of hydrogen-bond donors (Lipinski definition) is 1. The van der Waals surface area contributed by atoms with E-state index < -0.39 is 11.4 Å². The van der Waals surface area contributed by atoms with Gasteiger partial charge in [-0.25, -0.2) is 0 Å². The molecule has 0 aromatic rings. The van der Waals surface area contributed by atoms with E-state index in [1.165, 1.54) is 9.80 Å². The minimum absolute atomic E-state index is 0.0244. The first-order chi connectivity index (χ1) is 7.77. The number of piperazine rings is 1. The molecule has 0 aliphatic carbocycles. The molecule has 1 rings (SSSR count). The second-order valence-corrected chi connectivity index (χ2v) is 4.85. The van der Waals surface area contributed by atoms with Gasteiger partial charge < -0.3 is 14.9 Å². The van der Waals surface area contributed by atoms with Crippen LogP contribution in [0.15, 0.2) is 0 Å². The lowest BCUT2D eigenvalue weighted by Gasteiger charge is -2.36. The Kier molecular flexibility index (Phi) is 3.75. The second kappa shape index (κ2) is 4.73. The van der Waals surface area contributed by atoms with Crippen LogP contribution >= 0.6 is 0 Å². The lowest BCUT2D eigenvalue weighted by Crippen LogP contribution is -2.56. The van der Waals surface area contributed by atoms with Crippen LogP contribution in [0, 0.1) is 5.41 Å². The highest BCUT2D eigenvalue weighted by Gasteiger charge is 2.36. The number of rotatable bonds is 4. The van der Waals surface area contributed by atoms with Crippen molar-refractivity contribution in [2.24, 2.45) is 5.41 Å². The summed E-state index contributed by atoms with van der Waals surface area (Å²) in [5.74, 6) is -1.30. The van der Waals surface area contributed by atoms with Gasteiger partial charge in [0.05, 0.1) is 18.5 Å². The molecule has 96 valence electrons. The fourth-order valence-corrected chi connectivity index (χ4v) is 1.68. The molecule has 2 amide bonds. The molecule has 1 heterocycles. The zero-order valence-electron chi connectivity index (χ0n) is 10.4. The molecule has 6 nitrogen and oxygen atoms in total. The third kappa shape index (κ3) is 2.95.